The third kappa shape index (κ3) is 8.06. The lowest BCUT2D eigenvalue weighted by molar-refractivity contribution is -0.138. The summed E-state index contributed by atoms with van der Waals surface area (Å²) in [5.74, 6) is -2.01. The van der Waals surface area contributed by atoms with Crippen LogP contribution in [0.3, 0.4) is 0 Å². The average Bonchev–Trinajstić information content (AvgIpc) is 3.66. The fraction of sp³-hybridized carbons (Fsp3) is 0.344. The van der Waals surface area contributed by atoms with Gasteiger partial charge in [0.05, 0.1) is 32.4 Å². The molecule has 0 radical (unpaired) electrons. The van der Waals surface area contributed by atoms with E-state index in [4.69, 9.17) is 44.9 Å². The molecule has 3 aromatic carbocycles. The molecule has 1 amide bonds. The van der Waals surface area contributed by atoms with Gasteiger partial charge in [0.2, 0.25) is 0 Å². The van der Waals surface area contributed by atoms with Crippen LogP contribution in [0, 0.1) is 0 Å². The SMILES string of the molecule is NCCCC[C@H](N)C(=O)O.O=C(O)c1ccc(C2(NC(=O)c3cccc4c3N(Cc3ccc(Cl)c(Cl)c3)CC4)CC2)cc1. The van der Waals surface area contributed by atoms with Crippen molar-refractivity contribution < 1.29 is 24.6 Å². The first-order chi connectivity index (χ1) is 20.5. The molecule has 0 aromatic heterocycles. The van der Waals surface area contributed by atoms with Crippen LogP contribution in [0.2, 0.25) is 10.0 Å². The largest absolute Gasteiger partial charge is 0.480 e. The molecule has 1 atom stereocenters. The number of carboxylic acid groups (broad SMARTS) is 2. The van der Waals surface area contributed by atoms with Crippen LogP contribution in [0.4, 0.5) is 5.69 Å². The van der Waals surface area contributed by atoms with E-state index in [-0.39, 0.29) is 11.5 Å². The molecule has 11 heteroatoms. The molecule has 0 spiro atoms. The van der Waals surface area contributed by atoms with E-state index in [0.717, 1.165) is 61.0 Å². The van der Waals surface area contributed by atoms with Crippen molar-refractivity contribution in [3.8, 4) is 0 Å². The van der Waals surface area contributed by atoms with Crippen LogP contribution in [0.1, 0.15) is 69.5 Å². The van der Waals surface area contributed by atoms with Crippen molar-refractivity contribution in [2.75, 3.05) is 18.0 Å². The number of carboxylic acids is 2. The number of aromatic carboxylic acids is 1. The van der Waals surface area contributed by atoms with Crippen LogP contribution in [-0.2, 0) is 23.3 Å². The van der Waals surface area contributed by atoms with Crippen molar-refractivity contribution in [1.29, 1.82) is 0 Å². The zero-order chi connectivity index (χ0) is 31.1. The smallest absolute Gasteiger partial charge is 0.335 e. The van der Waals surface area contributed by atoms with Gasteiger partial charge in [0, 0.05) is 13.1 Å². The van der Waals surface area contributed by atoms with Crippen LogP contribution in [0.15, 0.2) is 60.7 Å². The van der Waals surface area contributed by atoms with Crippen molar-refractivity contribution in [3.63, 3.8) is 0 Å². The van der Waals surface area contributed by atoms with E-state index in [1.807, 2.05) is 24.3 Å². The van der Waals surface area contributed by atoms with Crippen LogP contribution in [0.5, 0.6) is 0 Å². The maximum absolute atomic E-state index is 13.4. The third-order valence-electron chi connectivity index (χ3n) is 7.76. The van der Waals surface area contributed by atoms with Gasteiger partial charge in [0.25, 0.3) is 5.91 Å². The molecule has 1 fully saturated rings. The topological polar surface area (TPSA) is 159 Å². The zero-order valence-corrected chi connectivity index (χ0v) is 25.2. The molecule has 0 bridgehead atoms. The van der Waals surface area contributed by atoms with Crippen molar-refractivity contribution in [3.05, 3.63) is 98.5 Å². The first-order valence-corrected chi connectivity index (χ1v) is 15.0. The quantitative estimate of drug-likeness (QED) is 0.182. The van der Waals surface area contributed by atoms with Crippen LogP contribution >= 0.6 is 23.2 Å². The van der Waals surface area contributed by atoms with Crippen LogP contribution in [0.25, 0.3) is 0 Å². The molecule has 3 aromatic rings. The molecule has 0 unspecified atom stereocenters. The number of halogens is 2. The Bertz CT molecular complexity index is 1480. The van der Waals surface area contributed by atoms with E-state index in [1.165, 1.54) is 0 Å². The zero-order valence-electron chi connectivity index (χ0n) is 23.7. The van der Waals surface area contributed by atoms with Gasteiger partial charge in [-0.1, -0.05) is 60.0 Å². The number of rotatable bonds is 11. The highest BCUT2D eigenvalue weighted by Gasteiger charge is 2.46. The van der Waals surface area contributed by atoms with Crippen molar-refractivity contribution >= 4 is 46.7 Å². The molecule has 2 aliphatic rings. The highest BCUT2D eigenvalue weighted by Crippen LogP contribution is 2.46. The number of unbranched alkanes of at least 4 members (excludes halogenated alkanes) is 1. The maximum Gasteiger partial charge on any atom is 0.335 e. The molecule has 1 saturated carbocycles. The van der Waals surface area contributed by atoms with E-state index in [0.29, 0.717) is 35.1 Å². The highest BCUT2D eigenvalue weighted by molar-refractivity contribution is 6.42. The molecule has 228 valence electrons. The molecule has 7 N–H and O–H groups in total. The summed E-state index contributed by atoms with van der Waals surface area (Å²) >= 11 is 12.3. The van der Waals surface area contributed by atoms with E-state index >= 15 is 0 Å². The van der Waals surface area contributed by atoms with Crippen LogP contribution < -0.4 is 21.7 Å². The van der Waals surface area contributed by atoms with Crippen molar-refractivity contribution in [1.82, 2.24) is 5.32 Å². The predicted molar refractivity (Wildman–Crippen MR) is 168 cm³/mol. The van der Waals surface area contributed by atoms with Gasteiger partial charge in [0.1, 0.15) is 6.04 Å². The number of nitrogens with two attached hydrogens (primary N) is 2. The summed E-state index contributed by atoms with van der Waals surface area (Å²) in [6, 6.07) is 17.5. The van der Waals surface area contributed by atoms with Gasteiger partial charge in [-0.25, -0.2) is 4.79 Å². The Balaban J connectivity index is 0.000000365. The van der Waals surface area contributed by atoms with Gasteiger partial charge in [-0.3, -0.25) is 9.59 Å². The predicted octanol–water partition coefficient (Wildman–Crippen LogP) is 5.20. The Hall–Kier alpha value is -3.63. The summed E-state index contributed by atoms with van der Waals surface area (Å²) in [5, 5.41) is 21.7. The number of nitrogens with zero attached hydrogens (tertiary/aromatic N) is 1. The lowest BCUT2D eigenvalue weighted by atomic mass is 10.0. The number of para-hydroxylation sites is 1. The molecule has 43 heavy (non-hydrogen) atoms. The highest BCUT2D eigenvalue weighted by atomic mass is 35.5. The maximum atomic E-state index is 13.4. The molecule has 9 nitrogen and oxygen atoms in total. The average molecular weight is 628 g/mol. The molecule has 1 aliphatic heterocycles. The molecular weight excluding hydrogens is 591 g/mol. The minimum absolute atomic E-state index is 0.118. The van der Waals surface area contributed by atoms with Gasteiger partial charge in [-0.15, -0.1) is 0 Å². The Morgan fingerprint density at radius 2 is 1.70 bits per heavy atom. The molecule has 1 heterocycles. The van der Waals surface area contributed by atoms with Gasteiger partial charge in [0.15, 0.2) is 0 Å². The lowest BCUT2D eigenvalue weighted by Gasteiger charge is -2.24. The number of carbonyl (C=O) groups excluding carboxylic acids is 1. The monoisotopic (exact) mass is 626 g/mol. The third-order valence-corrected chi connectivity index (χ3v) is 8.50. The van der Waals surface area contributed by atoms with Crippen molar-refractivity contribution in [2.24, 2.45) is 11.5 Å². The second kappa shape index (κ2) is 14.2. The Morgan fingerprint density at radius 1 is 0.977 bits per heavy atom. The number of fused-ring (bicyclic) bond motifs is 1. The number of aliphatic carboxylic acids is 1. The minimum Gasteiger partial charge on any atom is -0.480 e. The van der Waals surface area contributed by atoms with E-state index in [1.54, 1.807) is 30.3 Å². The summed E-state index contributed by atoms with van der Waals surface area (Å²) in [7, 11) is 0. The first-order valence-electron chi connectivity index (χ1n) is 14.2. The van der Waals surface area contributed by atoms with Gasteiger partial charge < -0.3 is 31.9 Å². The Morgan fingerprint density at radius 3 is 2.30 bits per heavy atom. The molecular formula is C32H36Cl2N4O5. The van der Waals surface area contributed by atoms with E-state index in [9.17, 15) is 14.4 Å². The van der Waals surface area contributed by atoms with E-state index in [2.05, 4.69) is 16.3 Å². The lowest BCUT2D eigenvalue weighted by Crippen LogP contribution is -2.36. The number of hydrogen-bond donors (Lipinski definition) is 5. The van der Waals surface area contributed by atoms with E-state index < -0.39 is 23.5 Å². The second-order valence-electron chi connectivity index (χ2n) is 10.9. The molecule has 1 aliphatic carbocycles. The summed E-state index contributed by atoms with van der Waals surface area (Å²) in [5.41, 5.74) is 14.9. The number of hydrogen-bond acceptors (Lipinski definition) is 6. The number of benzene rings is 3. The first kappa shape index (κ1) is 32.3. The summed E-state index contributed by atoms with van der Waals surface area (Å²) in [6.45, 7) is 2.06. The second-order valence-corrected chi connectivity index (χ2v) is 11.7. The molecule has 5 rings (SSSR count). The fourth-order valence-electron chi connectivity index (χ4n) is 5.19. The summed E-state index contributed by atoms with van der Waals surface area (Å²) in [6.07, 6.45) is 4.69. The normalized spacial score (nSPS) is 15.1. The van der Waals surface area contributed by atoms with Gasteiger partial charge >= 0.3 is 11.9 Å². The Labute approximate surface area is 260 Å². The number of amides is 1. The van der Waals surface area contributed by atoms with Gasteiger partial charge in [-0.05, 0) is 85.7 Å². The summed E-state index contributed by atoms with van der Waals surface area (Å²) < 4.78 is 0. The van der Waals surface area contributed by atoms with Crippen LogP contribution in [-0.4, -0.2) is 47.2 Å². The minimum atomic E-state index is -0.961. The summed E-state index contributed by atoms with van der Waals surface area (Å²) in [4.78, 5) is 36.9. The van der Waals surface area contributed by atoms with Crippen molar-refractivity contribution in [2.45, 2.75) is 56.7 Å². The number of nitrogens with one attached hydrogen (secondary N) is 1. The van der Waals surface area contributed by atoms with Gasteiger partial charge in [-0.2, -0.15) is 0 Å². The number of anilines is 1. The number of carbonyl (C=O) groups is 3. The molecule has 0 saturated heterocycles. The Kier molecular flexibility index (Phi) is 10.7. The fourth-order valence-corrected chi connectivity index (χ4v) is 5.51. The standard InChI is InChI=1S/C26H22Cl2N2O3.C6H14N2O2/c27-21-9-4-16(14-22(21)28)15-30-13-10-17-2-1-3-20(23(17)30)24(31)29-26(11-12-26)19-7-5-18(6-8-19)25(32)33;7-4-2-1-3-5(8)6(9)10/h1-9,14H,10-13,15H2,(H,29,31)(H,32,33);5H,1-4,7-8H2,(H,9,10)/t;5-/m.0/s1.